The van der Waals surface area contributed by atoms with Crippen molar-refractivity contribution in [2.45, 2.75) is 31.6 Å². The molecule has 126 valence electrons. The third kappa shape index (κ3) is 3.22. The fourth-order valence-corrected chi connectivity index (χ4v) is 3.77. The molecule has 23 heavy (non-hydrogen) atoms. The molecule has 9 heteroatoms. The molecule has 1 unspecified atom stereocenters. The second-order valence-corrected chi connectivity index (χ2v) is 8.01. The SMILES string of the molecule is CC[N+]1(C2CCOCC2)N=CC=C1c1nnc(CS(C)(=O)=O)o1. The van der Waals surface area contributed by atoms with Crippen molar-refractivity contribution >= 4 is 21.7 Å². The number of aromatic nitrogens is 2. The molecule has 1 aromatic rings. The van der Waals surface area contributed by atoms with E-state index in [0.29, 0.717) is 16.5 Å². The zero-order valence-corrected chi connectivity index (χ0v) is 14.1. The summed E-state index contributed by atoms with van der Waals surface area (Å²) in [5.41, 5.74) is 0.826. The van der Waals surface area contributed by atoms with E-state index >= 15 is 0 Å². The Bertz CT molecular complexity index is 734. The Hall–Kier alpha value is -1.58. The summed E-state index contributed by atoms with van der Waals surface area (Å²) in [5, 5.41) is 12.6. The van der Waals surface area contributed by atoms with Crippen molar-refractivity contribution in [1.29, 1.82) is 0 Å². The van der Waals surface area contributed by atoms with E-state index in [-0.39, 0.29) is 11.6 Å². The largest absolute Gasteiger partial charge is 0.415 e. The molecule has 0 aliphatic carbocycles. The van der Waals surface area contributed by atoms with E-state index in [4.69, 9.17) is 9.15 Å². The van der Waals surface area contributed by atoms with Crippen LogP contribution in [0.3, 0.4) is 0 Å². The van der Waals surface area contributed by atoms with E-state index in [9.17, 15) is 8.42 Å². The highest BCUT2D eigenvalue weighted by Crippen LogP contribution is 2.37. The van der Waals surface area contributed by atoms with E-state index in [1.165, 1.54) is 0 Å². The summed E-state index contributed by atoms with van der Waals surface area (Å²) in [6.45, 7) is 4.27. The average molecular weight is 341 g/mol. The number of hydrogen-bond acceptors (Lipinski definition) is 7. The molecule has 0 amide bonds. The van der Waals surface area contributed by atoms with Crippen LogP contribution >= 0.6 is 0 Å². The van der Waals surface area contributed by atoms with Crippen molar-refractivity contribution in [3.05, 3.63) is 17.9 Å². The minimum absolute atomic E-state index is 0.108. The van der Waals surface area contributed by atoms with Crippen LogP contribution in [0.4, 0.5) is 0 Å². The van der Waals surface area contributed by atoms with Crippen LogP contribution in [-0.4, -0.2) is 61.5 Å². The maximum absolute atomic E-state index is 11.4. The van der Waals surface area contributed by atoms with Crippen LogP contribution in [0.2, 0.25) is 0 Å². The van der Waals surface area contributed by atoms with Crippen molar-refractivity contribution in [2.24, 2.45) is 5.10 Å². The summed E-state index contributed by atoms with van der Waals surface area (Å²) in [4.78, 5) is 0. The van der Waals surface area contributed by atoms with Gasteiger partial charge >= 0.3 is 5.89 Å². The molecule has 0 spiro atoms. The van der Waals surface area contributed by atoms with Crippen molar-refractivity contribution in [1.82, 2.24) is 10.2 Å². The molecule has 2 aliphatic rings. The van der Waals surface area contributed by atoms with Crippen LogP contribution < -0.4 is 0 Å². The Morgan fingerprint density at radius 2 is 2.04 bits per heavy atom. The minimum Gasteiger partial charge on any atom is -0.415 e. The van der Waals surface area contributed by atoms with Gasteiger partial charge in [0.25, 0.3) is 0 Å². The van der Waals surface area contributed by atoms with Gasteiger partial charge in [-0.3, -0.25) is 0 Å². The molecule has 3 rings (SSSR count). The summed E-state index contributed by atoms with van der Waals surface area (Å²) in [7, 11) is -3.21. The van der Waals surface area contributed by atoms with Gasteiger partial charge in [-0.05, 0) is 6.92 Å². The Morgan fingerprint density at radius 3 is 2.70 bits per heavy atom. The first-order valence-electron chi connectivity index (χ1n) is 7.67. The van der Waals surface area contributed by atoms with E-state index in [1.807, 2.05) is 6.08 Å². The summed E-state index contributed by atoms with van der Waals surface area (Å²) in [6.07, 6.45) is 6.59. The lowest BCUT2D eigenvalue weighted by Gasteiger charge is -2.38. The smallest absolute Gasteiger partial charge is 0.305 e. The van der Waals surface area contributed by atoms with Crippen LogP contribution in [-0.2, 0) is 20.3 Å². The molecular formula is C14H21N4O4S+. The minimum atomic E-state index is -3.21. The average Bonchev–Trinajstić information content (AvgIpc) is 3.13. The van der Waals surface area contributed by atoms with Crippen LogP contribution in [0, 0.1) is 0 Å². The maximum atomic E-state index is 11.4. The molecule has 1 atom stereocenters. The topological polar surface area (TPSA) is 94.6 Å². The second kappa shape index (κ2) is 6.14. The van der Waals surface area contributed by atoms with Crippen molar-refractivity contribution in [2.75, 3.05) is 26.0 Å². The lowest BCUT2D eigenvalue weighted by molar-refractivity contribution is -0.890. The quantitative estimate of drug-likeness (QED) is 0.741. The van der Waals surface area contributed by atoms with Crippen LogP contribution in [0.1, 0.15) is 31.5 Å². The number of sulfone groups is 1. The summed E-state index contributed by atoms with van der Waals surface area (Å²) < 4.78 is 34.2. The molecule has 0 radical (unpaired) electrons. The zero-order chi connectivity index (χ0) is 16.5. The monoisotopic (exact) mass is 341 g/mol. The van der Waals surface area contributed by atoms with Gasteiger partial charge in [0.05, 0.1) is 19.4 Å². The van der Waals surface area contributed by atoms with E-state index < -0.39 is 9.84 Å². The molecule has 0 aromatic carbocycles. The molecule has 1 fully saturated rings. The van der Waals surface area contributed by atoms with Gasteiger partial charge in [0, 0.05) is 25.2 Å². The number of quaternary nitrogens is 1. The molecule has 1 aromatic heterocycles. The number of nitrogens with zero attached hydrogens (tertiary/aromatic N) is 4. The van der Waals surface area contributed by atoms with Gasteiger partial charge in [-0.15, -0.1) is 10.2 Å². The van der Waals surface area contributed by atoms with E-state index in [2.05, 4.69) is 22.2 Å². The lowest BCUT2D eigenvalue weighted by atomic mass is 10.1. The molecule has 3 heterocycles. The van der Waals surface area contributed by atoms with Gasteiger partial charge in [-0.2, -0.15) is 4.59 Å². The molecule has 0 N–H and O–H groups in total. The Labute approximate surface area is 135 Å². The molecule has 8 nitrogen and oxygen atoms in total. The molecule has 0 saturated carbocycles. The fraction of sp³-hybridized carbons (Fsp3) is 0.643. The highest BCUT2D eigenvalue weighted by molar-refractivity contribution is 7.89. The first-order valence-corrected chi connectivity index (χ1v) is 9.73. The van der Waals surface area contributed by atoms with Crippen LogP contribution in [0.25, 0.3) is 5.70 Å². The third-order valence-corrected chi connectivity index (χ3v) is 5.04. The van der Waals surface area contributed by atoms with Gasteiger partial charge in [-0.1, -0.05) is 5.10 Å². The van der Waals surface area contributed by atoms with E-state index in [0.717, 1.165) is 44.6 Å². The van der Waals surface area contributed by atoms with Gasteiger partial charge in [0.2, 0.25) is 11.6 Å². The highest BCUT2D eigenvalue weighted by atomic mass is 32.2. The fourth-order valence-electron chi connectivity index (χ4n) is 3.20. The van der Waals surface area contributed by atoms with Gasteiger partial charge < -0.3 is 9.15 Å². The number of allylic oxidation sites excluding steroid dienone is 1. The normalized spacial score (nSPS) is 25.7. The Balaban J connectivity index is 1.89. The predicted octanol–water partition coefficient (Wildman–Crippen LogP) is 0.970. The van der Waals surface area contributed by atoms with E-state index in [1.54, 1.807) is 6.21 Å². The molecule has 1 saturated heterocycles. The number of rotatable bonds is 5. The maximum Gasteiger partial charge on any atom is 0.305 e. The van der Waals surface area contributed by atoms with Gasteiger partial charge in [-0.25, -0.2) is 8.42 Å². The Kier molecular flexibility index (Phi) is 4.35. The number of ether oxygens (including phenoxy) is 1. The number of hydrogen-bond donors (Lipinski definition) is 0. The Morgan fingerprint density at radius 1 is 1.30 bits per heavy atom. The first-order chi connectivity index (χ1) is 10.9. The standard InChI is InChI=1S/C14H21N4O4S/c1-3-18(11-5-8-21-9-6-11)12(4-7-15-18)14-17-16-13(22-14)10-23(2,19)20/h4,7,11H,3,5-6,8-10H2,1-2H3/q+1. The predicted molar refractivity (Wildman–Crippen MR) is 84.0 cm³/mol. The van der Waals surface area contributed by atoms with Gasteiger partial charge in [0.1, 0.15) is 18.3 Å². The highest BCUT2D eigenvalue weighted by Gasteiger charge is 2.46. The zero-order valence-electron chi connectivity index (χ0n) is 13.3. The van der Waals surface area contributed by atoms with Crippen molar-refractivity contribution in [3.8, 4) is 0 Å². The van der Waals surface area contributed by atoms with Gasteiger partial charge in [0.15, 0.2) is 9.84 Å². The second-order valence-electron chi connectivity index (χ2n) is 5.87. The summed E-state index contributed by atoms with van der Waals surface area (Å²) in [6, 6.07) is 0.295. The third-order valence-electron chi connectivity index (χ3n) is 4.27. The summed E-state index contributed by atoms with van der Waals surface area (Å²) in [5.74, 6) is 0.198. The lowest BCUT2D eigenvalue weighted by Crippen LogP contribution is -2.50. The van der Waals surface area contributed by atoms with Crippen LogP contribution in [0.5, 0.6) is 0 Å². The molecule has 0 bridgehead atoms. The molecular weight excluding hydrogens is 320 g/mol. The molecule has 2 aliphatic heterocycles. The van der Waals surface area contributed by atoms with Crippen LogP contribution in [0.15, 0.2) is 15.6 Å². The first kappa shape index (κ1) is 16.3. The van der Waals surface area contributed by atoms with Crippen molar-refractivity contribution in [3.63, 3.8) is 0 Å². The summed E-state index contributed by atoms with van der Waals surface area (Å²) >= 11 is 0. The van der Waals surface area contributed by atoms with Crippen molar-refractivity contribution < 1.29 is 22.2 Å².